The summed E-state index contributed by atoms with van der Waals surface area (Å²) in [6, 6.07) is 16.0. The topological polar surface area (TPSA) is 75.5 Å². The largest absolute Gasteiger partial charge is 0.497 e. The summed E-state index contributed by atoms with van der Waals surface area (Å²) in [6.07, 6.45) is 2.22. The quantitative estimate of drug-likeness (QED) is 0.408. The third-order valence-corrected chi connectivity index (χ3v) is 6.02. The van der Waals surface area contributed by atoms with Crippen LogP contribution in [0.1, 0.15) is 16.7 Å². The summed E-state index contributed by atoms with van der Waals surface area (Å²) in [5, 5.41) is 9.51. The highest BCUT2D eigenvalue weighted by Crippen LogP contribution is 2.29. The Morgan fingerprint density at radius 1 is 1.21 bits per heavy atom. The van der Waals surface area contributed by atoms with E-state index in [1.165, 1.54) is 24.5 Å². The van der Waals surface area contributed by atoms with Crippen molar-refractivity contribution >= 4 is 32.8 Å². The lowest BCUT2D eigenvalue weighted by Crippen LogP contribution is -2.25. The number of hydrogen-bond acceptors (Lipinski definition) is 6. The molecule has 4 aromatic rings. The highest BCUT2D eigenvalue weighted by molar-refractivity contribution is 7.21. The van der Waals surface area contributed by atoms with Crippen molar-refractivity contribution in [3.63, 3.8) is 0 Å². The van der Waals surface area contributed by atoms with E-state index in [-0.39, 0.29) is 5.82 Å². The SMILES string of the molecule is COc1ccc(CCN(Cc2ccc(C#CC(=O)O)cc2)c2nc3cccnc3s2)c(F)c1. The number of fused-ring (bicyclic) bond motifs is 1. The van der Waals surface area contributed by atoms with Crippen LogP contribution >= 0.6 is 11.3 Å². The molecule has 0 fully saturated rings. The highest BCUT2D eigenvalue weighted by atomic mass is 32.1. The lowest BCUT2D eigenvalue weighted by atomic mass is 10.1. The number of carboxylic acid groups (broad SMARTS) is 1. The van der Waals surface area contributed by atoms with Crippen LogP contribution in [0.4, 0.5) is 9.52 Å². The predicted octanol–water partition coefficient (Wildman–Crippen LogP) is 4.52. The van der Waals surface area contributed by atoms with E-state index in [4.69, 9.17) is 14.8 Å². The number of ether oxygens (including phenoxy) is 1. The monoisotopic (exact) mass is 461 g/mol. The standard InChI is InChI=1S/C25H20FN3O3S/c1-32-20-10-9-19(21(26)15-20)12-14-29(25-28-22-3-2-13-27-24(22)33-25)16-18-6-4-17(5-7-18)8-11-23(30)31/h2-7,9-10,13,15H,12,14,16H2,1H3,(H,30,31). The number of halogens is 1. The number of rotatable bonds is 7. The number of aliphatic carboxylic acids is 1. The van der Waals surface area contributed by atoms with Crippen LogP contribution < -0.4 is 9.64 Å². The highest BCUT2D eigenvalue weighted by Gasteiger charge is 2.15. The number of methoxy groups -OCH3 is 1. The maximum Gasteiger partial charge on any atom is 0.382 e. The fourth-order valence-corrected chi connectivity index (χ4v) is 4.22. The van der Waals surface area contributed by atoms with Crippen LogP contribution in [0.3, 0.4) is 0 Å². The molecule has 0 aliphatic heterocycles. The van der Waals surface area contributed by atoms with Crippen LogP contribution in [0.2, 0.25) is 0 Å². The zero-order valence-electron chi connectivity index (χ0n) is 17.8. The van der Waals surface area contributed by atoms with Crippen molar-refractivity contribution in [2.75, 3.05) is 18.6 Å². The molecule has 6 nitrogen and oxygen atoms in total. The van der Waals surface area contributed by atoms with Crippen molar-refractivity contribution in [3.05, 3.63) is 83.3 Å². The van der Waals surface area contributed by atoms with Crippen molar-refractivity contribution in [2.24, 2.45) is 0 Å². The number of thiazole rings is 1. The smallest absolute Gasteiger partial charge is 0.382 e. The molecule has 0 radical (unpaired) electrons. The van der Waals surface area contributed by atoms with Gasteiger partial charge >= 0.3 is 5.97 Å². The predicted molar refractivity (Wildman–Crippen MR) is 126 cm³/mol. The van der Waals surface area contributed by atoms with Crippen LogP contribution in [-0.2, 0) is 17.8 Å². The molecule has 2 aromatic carbocycles. The lowest BCUT2D eigenvalue weighted by molar-refractivity contribution is -0.130. The van der Waals surface area contributed by atoms with Gasteiger partial charge in [0.15, 0.2) is 5.13 Å². The summed E-state index contributed by atoms with van der Waals surface area (Å²) in [5.41, 5.74) is 3.03. The second-order valence-electron chi connectivity index (χ2n) is 7.21. The van der Waals surface area contributed by atoms with Crippen molar-refractivity contribution in [1.29, 1.82) is 0 Å². The molecule has 1 N–H and O–H groups in total. The average Bonchev–Trinajstić information content (AvgIpc) is 3.26. The Morgan fingerprint density at radius 2 is 2.03 bits per heavy atom. The molecule has 8 heteroatoms. The maximum absolute atomic E-state index is 14.5. The number of hydrogen-bond donors (Lipinski definition) is 1. The van der Waals surface area contributed by atoms with Crippen LogP contribution in [0.5, 0.6) is 5.75 Å². The summed E-state index contributed by atoms with van der Waals surface area (Å²) in [5.74, 6) is 3.73. The molecular formula is C25H20FN3O3S. The van der Waals surface area contributed by atoms with E-state index < -0.39 is 5.97 Å². The zero-order chi connectivity index (χ0) is 23.2. The molecule has 4 rings (SSSR count). The number of benzene rings is 2. The first-order valence-corrected chi connectivity index (χ1v) is 11.0. The van der Waals surface area contributed by atoms with Gasteiger partial charge in [-0.1, -0.05) is 35.5 Å². The number of aromatic nitrogens is 2. The summed E-state index contributed by atoms with van der Waals surface area (Å²) in [6.45, 7) is 1.09. The molecule has 0 amide bonds. The van der Waals surface area contributed by atoms with Gasteiger partial charge in [0.25, 0.3) is 0 Å². The van der Waals surface area contributed by atoms with Gasteiger partial charge in [0, 0.05) is 36.8 Å². The Bertz CT molecular complexity index is 1310. The Balaban J connectivity index is 1.57. The molecule has 0 bridgehead atoms. The van der Waals surface area contributed by atoms with Gasteiger partial charge in [-0.2, -0.15) is 0 Å². The minimum Gasteiger partial charge on any atom is -0.497 e. The molecule has 0 aliphatic carbocycles. The zero-order valence-corrected chi connectivity index (χ0v) is 18.6. The van der Waals surface area contributed by atoms with Crippen LogP contribution in [0, 0.1) is 17.7 Å². The fourth-order valence-electron chi connectivity index (χ4n) is 3.29. The fraction of sp³-hybridized carbons (Fsp3) is 0.160. The van der Waals surface area contributed by atoms with Gasteiger partial charge in [-0.25, -0.2) is 19.2 Å². The van der Waals surface area contributed by atoms with Gasteiger partial charge < -0.3 is 14.7 Å². The second kappa shape index (κ2) is 10.1. The molecule has 0 saturated carbocycles. The van der Waals surface area contributed by atoms with E-state index in [1.54, 1.807) is 30.5 Å². The minimum atomic E-state index is -1.17. The first-order chi connectivity index (χ1) is 16.0. The molecule has 0 unspecified atom stereocenters. The van der Waals surface area contributed by atoms with E-state index >= 15 is 0 Å². The summed E-state index contributed by atoms with van der Waals surface area (Å²) in [7, 11) is 1.51. The van der Waals surface area contributed by atoms with Gasteiger partial charge in [-0.15, -0.1) is 0 Å². The Morgan fingerprint density at radius 3 is 2.73 bits per heavy atom. The van der Waals surface area contributed by atoms with Crippen LogP contribution in [0.25, 0.3) is 10.3 Å². The van der Waals surface area contributed by atoms with Crippen molar-refractivity contribution in [2.45, 2.75) is 13.0 Å². The second-order valence-corrected chi connectivity index (χ2v) is 8.16. The van der Waals surface area contributed by atoms with E-state index in [0.29, 0.717) is 36.4 Å². The van der Waals surface area contributed by atoms with Crippen molar-refractivity contribution < 1.29 is 19.0 Å². The number of carboxylic acids is 1. The number of nitrogens with zero attached hydrogens (tertiary/aromatic N) is 3. The van der Waals surface area contributed by atoms with Crippen molar-refractivity contribution in [3.8, 4) is 17.6 Å². The molecule has 0 atom stereocenters. The van der Waals surface area contributed by atoms with E-state index in [1.807, 2.05) is 24.3 Å². The van der Waals surface area contributed by atoms with Gasteiger partial charge in [0.2, 0.25) is 0 Å². The van der Waals surface area contributed by atoms with Gasteiger partial charge in [-0.05, 0) is 47.9 Å². The minimum absolute atomic E-state index is 0.304. The summed E-state index contributed by atoms with van der Waals surface area (Å²) < 4.78 is 19.6. The van der Waals surface area contributed by atoms with E-state index in [2.05, 4.69) is 21.7 Å². The molecule has 33 heavy (non-hydrogen) atoms. The molecule has 166 valence electrons. The maximum atomic E-state index is 14.5. The van der Waals surface area contributed by atoms with Gasteiger partial charge in [-0.3, -0.25) is 0 Å². The normalized spacial score (nSPS) is 10.5. The number of anilines is 1. The molecule has 0 spiro atoms. The Kier molecular flexibility index (Phi) is 6.81. The van der Waals surface area contributed by atoms with Gasteiger partial charge in [0.05, 0.1) is 7.11 Å². The summed E-state index contributed by atoms with van der Waals surface area (Å²) in [4.78, 5) is 22.7. The number of pyridine rings is 1. The van der Waals surface area contributed by atoms with Crippen LogP contribution in [-0.4, -0.2) is 34.7 Å². The average molecular weight is 462 g/mol. The molecule has 2 heterocycles. The third kappa shape index (κ3) is 5.64. The lowest BCUT2D eigenvalue weighted by Gasteiger charge is -2.22. The first-order valence-electron chi connectivity index (χ1n) is 10.1. The van der Waals surface area contributed by atoms with Gasteiger partial charge in [0.1, 0.15) is 21.9 Å². The Labute approximate surface area is 194 Å². The van der Waals surface area contributed by atoms with Crippen LogP contribution in [0.15, 0.2) is 60.8 Å². The third-order valence-electron chi connectivity index (χ3n) is 4.98. The summed E-state index contributed by atoms with van der Waals surface area (Å²) >= 11 is 1.49. The molecule has 2 aromatic heterocycles. The van der Waals surface area contributed by atoms with E-state index in [9.17, 15) is 9.18 Å². The Hall–Kier alpha value is -3.96. The molecular weight excluding hydrogens is 441 g/mol. The molecule has 0 saturated heterocycles. The number of carbonyl (C=O) groups is 1. The molecule has 0 aliphatic rings. The van der Waals surface area contributed by atoms with Crippen molar-refractivity contribution in [1.82, 2.24) is 9.97 Å². The first kappa shape index (κ1) is 22.2. The van der Waals surface area contributed by atoms with E-state index in [0.717, 1.165) is 21.0 Å².